The van der Waals surface area contributed by atoms with Crippen LogP contribution in [-0.4, -0.2) is 56.0 Å². The van der Waals surface area contributed by atoms with Crippen LogP contribution in [-0.2, 0) is 0 Å². The fourth-order valence-electron chi connectivity index (χ4n) is 3.59. The van der Waals surface area contributed by atoms with Gasteiger partial charge in [0.25, 0.3) is 0 Å². The molecule has 0 aliphatic carbocycles. The Kier molecular flexibility index (Phi) is 4.08. The van der Waals surface area contributed by atoms with Gasteiger partial charge in [-0.3, -0.25) is 4.98 Å². The molecule has 28 heavy (non-hydrogen) atoms. The van der Waals surface area contributed by atoms with Crippen molar-refractivity contribution in [1.82, 2.24) is 29.8 Å². The van der Waals surface area contributed by atoms with Crippen LogP contribution in [0.15, 0.2) is 55.1 Å². The zero-order valence-electron chi connectivity index (χ0n) is 15.6. The molecule has 0 atom stereocenters. The molecule has 5 rings (SSSR count). The number of hydrogen-bond acceptors (Lipinski definition) is 7. The highest BCUT2D eigenvalue weighted by molar-refractivity contribution is 5.69. The van der Waals surface area contributed by atoms with Crippen LogP contribution in [0.25, 0.3) is 16.8 Å². The molecule has 0 bridgehead atoms. The molecule has 1 aliphatic rings. The van der Waals surface area contributed by atoms with Gasteiger partial charge in [0.05, 0.1) is 11.4 Å². The number of nitrogens with zero attached hydrogens (tertiary/aromatic N) is 8. The van der Waals surface area contributed by atoms with E-state index in [0.717, 1.165) is 60.3 Å². The van der Waals surface area contributed by atoms with Crippen LogP contribution in [0.2, 0.25) is 0 Å². The maximum atomic E-state index is 4.60. The first-order valence-corrected chi connectivity index (χ1v) is 9.33. The van der Waals surface area contributed by atoms with E-state index in [0.29, 0.717) is 0 Å². The van der Waals surface area contributed by atoms with Gasteiger partial charge >= 0.3 is 0 Å². The number of rotatable bonds is 3. The molecule has 0 saturated carbocycles. The molecule has 0 unspecified atom stereocenters. The van der Waals surface area contributed by atoms with Gasteiger partial charge in [0.1, 0.15) is 5.52 Å². The average Bonchev–Trinajstić information content (AvgIpc) is 3.15. The number of aromatic nitrogens is 6. The lowest BCUT2D eigenvalue weighted by atomic mass is 10.2. The topological polar surface area (TPSA) is 75.3 Å². The second kappa shape index (κ2) is 6.88. The summed E-state index contributed by atoms with van der Waals surface area (Å²) in [6.45, 7) is 5.51. The first-order chi connectivity index (χ1) is 13.8. The first kappa shape index (κ1) is 16.6. The molecule has 0 radical (unpaired) electrons. The van der Waals surface area contributed by atoms with Crippen molar-refractivity contribution in [2.45, 2.75) is 6.92 Å². The Balaban J connectivity index is 1.30. The van der Waals surface area contributed by atoms with Crippen LogP contribution >= 0.6 is 0 Å². The Morgan fingerprint density at radius 3 is 2.39 bits per heavy atom. The summed E-state index contributed by atoms with van der Waals surface area (Å²) in [5.41, 5.74) is 3.93. The SMILES string of the molecule is Cc1cc2c(N3CCN(c4ccc(-c5ccncc5)nn4)CC3)nccn2n1. The minimum atomic E-state index is 0.858. The quantitative estimate of drug-likeness (QED) is 0.546. The van der Waals surface area contributed by atoms with Crippen molar-refractivity contribution in [1.29, 1.82) is 0 Å². The predicted octanol–water partition coefficient (Wildman–Crippen LogP) is 2.22. The number of anilines is 2. The van der Waals surface area contributed by atoms with E-state index in [1.165, 1.54) is 0 Å². The second-order valence-electron chi connectivity index (χ2n) is 6.85. The van der Waals surface area contributed by atoms with E-state index < -0.39 is 0 Å². The highest BCUT2D eigenvalue weighted by Gasteiger charge is 2.21. The van der Waals surface area contributed by atoms with E-state index in [1.807, 2.05) is 48.1 Å². The molecule has 1 fully saturated rings. The Morgan fingerprint density at radius 2 is 1.64 bits per heavy atom. The van der Waals surface area contributed by atoms with Crippen molar-refractivity contribution in [2.24, 2.45) is 0 Å². The van der Waals surface area contributed by atoms with Gasteiger partial charge in [-0.1, -0.05) is 0 Å². The predicted molar refractivity (Wildman–Crippen MR) is 107 cm³/mol. The van der Waals surface area contributed by atoms with Crippen LogP contribution < -0.4 is 9.80 Å². The molecule has 0 spiro atoms. The lowest BCUT2D eigenvalue weighted by Gasteiger charge is -2.35. The van der Waals surface area contributed by atoms with Crippen LogP contribution in [0.5, 0.6) is 0 Å². The normalized spacial score (nSPS) is 14.6. The molecule has 0 N–H and O–H groups in total. The second-order valence-corrected chi connectivity index (χ2v) is 6.85. The lowest BCUT2D eigenvalue weighted by Crippen LogP contribution is -2.47. The molecule has 0 amide bonds. The molecule has 4 aromatic rings. The fourth-order valence-corrected chi connectivity index (χ4v) is 3.59. The van der Waals surface area contributed by atoms with E-state index >= 15 is 0 Å². The summed E-state index contributed by atoms with van der Waals surface area (Å²) < 4.78 is 1.90. The minimum Gasteiger partial charge on any atom is -0.352 e. The summed E-state index contributed by atoms with van der Waals surface area (Å²) in [7, 11) is 0. The largest absolute Gasteiger partial charge is 0.352 e. The summed E-state index contributed by atoms with van der Waals surface area (Å²) in [5.74, 6) is 1.89. The summed E-state index contributed by atoms with van der Waals surface area (Å²) >= 11 is 0. The highest BCUT2D eigenvalue weighted by Crippen LogP contribution is 2.23. The summed E-state index contributed by atoms with van der Waals surface area (Å²) in [6.07, 6.45) is 7.23. The third-order valence-electron chi connectivity index (χ3n) is 5.02. The van der Waals surface area contributed by atoms with Crippen LogP contribution in [0.1, 0.15) is 5.69 Å². The molecule has 1 aliphatic heterocycles. The van der Waals surface area contributed by atoms with Crippen molar-refractivity contribution in [3.8, 4) is 11.3 Å². The molecule has 0 aromatic carbocycles. The number of pyridine rings is 1. The highest BCUT2D eigenvalue weighted by atomic mass is 15.3. The van der Waals surface area contributed by atoms with Crippen molar-refractivity contribution in [3.63, 3.8) is 0 Å². The van der Waals surface area contributed by atoms with Gasteiger partial charge in [0.2, 0.25) is 0 Å². The maximum absolute atomic E-state index is 4.60. The van der Waals surface area contributed by atoms with E-state index in [9.17, 15) is 0 Å². The number of piperazine rings is 1. The van der Waals surface area contributed by atoms with Gasteiger partial charge in [-0.05, 0) is 37.3 Å². The summed E-state index contributed by atoms with van der Waals surface area (Å²) in [5, 5.41) is 13.3. The molecular formula is C20H20N8. The standard InChI is InChI=1S/C20H20N8/c1-15-14-18-20(22-8-9-28(18)25-15)27-12-10-26(11-13-27)19-3-2-17(23-24-19)16-4-6-21-7-5-16/h2-9,14H,10-13H2,1H3. The van der Waals surface area contributed by atoms with Crippen LogP contribution in [0.4, 0.5) is 11.6 Å². The molecule has 8 heteroatoms. The Hall–Kier alpha value is -3.55. The van der Waals surface area contributed by atoms with Gasteiger partial charge in [0, 0.05) is 56.5 Å². The van der Waals surface area contributed by atoms with Gasteiger partial charge in [-0.2, -0.15) is 5.10 Å². The first-order valence-electron chi connectivity index (χ1n) is 9.33. The van der Waals surface area contributed by atoms with Crippen LogP contribution in [0.3, 0.4) is 0 Å². The van der Waals surface area contributed by atoms with Crippen molar-refractivity contribution >= 4 is 17.2 Å². The van der Waals surface area contributed by atoms with Gasteiger partial charge in [-0.25, -0.2) is 9.50 Å². The number of fused-ring (bicyclic) bond motifs is 1. The van der Waals surface area contributed by atoms with Gasteiger partial charge < -0.3 is 9.80 Å². The Labute approximate surface area is 162 Å². The average molecular weight is 372 g/mol. The monoisotopic (exact) mass is 372 g/mol. The lowest BCUT2D eigenvalue weighted by molar-refractivity contribution is 0.638. The maximum Gasteiger partial charge on any atom is 0.154 e. The van der Waals surface area contributed by atoms with Gasteiger partial charge in [-0.15, -0.1) is 10.2 Å². The Bertz CT molecular complexity index is 1080. The van der Waals surface area contributed by atoms with E-state index in [2.05, 4.69) is 41.1 Å². The summed E-state index contributed by atoms with van der Waals surface area (Å²) in [6, 6.07) is 10.0. The molecule has 4 aromatic heterocycles. The zero-order chi connectivity index (χ0) is 18.9. The Morgan fingerprint density at radius 1 is 0.857 bits per heavy atom. The third kappa shape index (κ3) is 3.02. The molecule has 5 heterocycles. The molecule has 8 nitrogen and oxygen atoms in total. The zero-order valence-corrected chi connectivity index (χ0v) is 15.6. The van der Waals surface area contributed by atoms with Crippen molar-refractivity contribution in [2.75, 3.05) is 36.0 Å². The smallest absolute Gasteiger partial charge is 0.154 e. The van der Waals surface area contributed by atoms with Crippen molar-refractivity contribution < 1.29 is 0 Å². The third-order valence-corrected chi connectivity index (χ3v) is 5.02. The van der Waals surface area contributed by atoms with Gasteiger partial charge in [0.15, 0.2) is 11.6 Å². The van der Waals surface area contributed by atoms with E-state index in [1.54, 1.807) is 12.4 Å². The fraction of sp³-hybridized carbons (Fsp3) is 0.250. The molecule has 1 saturated heterocycles. The molecule has 140 valence electrons. The molecular weight excluding hydrogens is 352 g/mol. The van der Waals surface area contributed by atoms with E-state index in [4.69, 9.17) is 0 Å². The van der Waals surface area contributed by atoms with Crippen molar-refractivity contribution in [3.05, 3.63) is 60.8 Å². The van der Waals surface area contributed by atoms with Crippen LogP contribution in [0, 0.1) is 6.92 Å². The number of aryl methyl sites for hydroxylation is 1. The van der Waals surface area contributed by atoms with E-state index in [-0.39, 0.29) is 0 Å². The summed E-state index contributed by atoms with van der Waals surface area (Å²) in [4.78, 5) is 13.2. The minimum absolute atomic E-state index is 0.858. The number of hydrogen-bond donors (Lipinski definition) is 0.